The summed E-state index contributed by atoms with van der Waals surface area (Å²) in [6, 6.07) is 12.2. The molecule has 230 valence electrons. The number of hydrogen-bond acceptors (Lipinski definition) is 9. The number of aromatic nitrogens is 3. The second kappa shape index (κ2) is 13.4. The van der Waals surface area contributed by atoms with Gasteiger partial charge in [-0.1, -0.05) is 23.5 Å². The maximum absolute atomic E-state index is 13.0. The molecule has 44 heavy (non-hydrogen) atoms. The first kappa shape index (κ1) is 30.8. The van der Waals surface area contributed by atoms with E-state index >= 15 is 0 Å². The van der Waals surface area contributed by atoms with Gasteiger partial charge in [-0.3, -0.25) is 9.59 Å². The van der Waals surface area contributed by atoms with Crippen LogP contribution >= 0.6 is 11.3 Å². The lowest BCUT2D eigenvalue weighted by molar-refractivity contribution is -0.900. The van der Waals surface area contributed by atoms with Gasteiger partial charge in [-0.25, -0.2) is 15.0 Å². The van der Waals surface area contributed by atoms with E-state index in [1.165, 1.54) is 29.3 Å². The van der Waals surface area contributed by atoms with Crippen molar-refractivity contribution < 1.29 is 32.8 Å². The third-order valence-corrected chi connectivity index (χ3v) is 7.79. The van der Waals surface area contributed by atoms with Gasteiger partial charge in [-0.05, 0) is 43.3 Å². The van der Waals surface area contributed by atoms with Crippen LogP contribution in [0.15, 0.2) is 60.8 Å². The molecule has 0 atom stereocenters. The van der Waals surface area contributed by atoms with Gasteiger partial charge in [0.1, 0.15) is 28.9 Å². The number of aliphatic hydroxyl groups excluding tert-OH is 1. The minimum atomic E-state index is -4.57. The van der Waals surface area contributed by atoms with Crippen LogP contribution in [-0.2, 0) is 6.18 Å². The zero-order valence-electron chi connectivity index (χ0n) is 23.6. The summed E-state index contributed by atoms with van der Waals surface area (Å²) in [4.78, 5) is 42.7. The molecular weight excluding hydrogens is 597 g/mol. The van der Waals surface area contributed by atoms with Crippen LogP contribution in [0.1, 0.15) is 31.4 Å². The van der Waals surface area contributed by atoms with Crippen LogP contribution in [0, 0.1) is 6.92 Å². The molecule has 1 saturated heterocycles. The number of amides is 2. The highest BCUT2D eigenvalue weighted by Crippen LogP contribution is 2.30. The van der Waals surface area contributed by atoms with Crippen LogP contribution in [0.3, 0.4) is 0 Å². The first-order chi connectivity index (χ1) is 21.1. The van der Waals surface area contributed by atoms with Gasteiger partial charge in [-0.2, -0.15) is 13.2 Å². The number of anilines is 5. The van der Waals surface area contributed by atoms with E-state index in [0.29, 0.717) is 33.0 Å². The van der Waals surface area contributed by atoms with Gasteiger partial charge in [0.2, 0.25) is 0 Å². The Labute approximate surface area is 254 Å². The molecule has 0 bridgehead atoms. The number of hydrogen-bond donors (Lipinski definition) is 5. The van der Waals surface area contributed by atoms with Crippen molar-refractivity contribution in [3.05, 3.63) is 82.6 Å². The second-order valence-corrected chi connectivity index (χ2v) is 11.1. The molecule has 5 rings (SSSR count). The summed E-state index contributed by atoms with van der Waals surface area (Å²) in [5.41, 5.74) is -0.402. The van der Waals surface area contributed by atoms with E-state index in [1.54, 1.807) is 25.1 Å². The smallest absolute Gasteiger partial charge is 0.391 e. The van der Waals surface area contributed by atoms with Gasteiger partial charge in [-0.15, -0.1) is 0 Å². The van der Waals surface area contributed by atoms with Crippen molar-refractivity contribution in [3.63, 3.8) is 0 Å². The number of nitrogens with one attached hydrogen (secondary N) is 4. The number of thiazole rings is 1. The fourth-order valence-corrected chi connectivity index (χ4v) is 5.41. The highest BCUT2D eigenvalue weighted by atomic mass is 32.1. The van der Waals surface area contributed by atoms with Crippen molar-refractivity contribution in [2.75, 3.05) is 60.2 Å². The third-order valence-electron chi connectivity index (χ3n) is 6.88. The SMILES string of the molecule is Cc1nc(Nc2ncc(C(=O)Nc3cccc(NC(=O)c4cccc(C(F)(F)F)c4)c3)s2)cc(N2CC[NH+](CCO)CC2)n1. The van der Waals surface area contributed by atoms with E-state index in [-0.39, 0.29) is 12.2 Å². The molecule has 4 aromatic rings. The number of aryl methyl sites for hydroxylation is 1. The predicted molar refractivity (Wildman–Crippen MR) is 161 cm³/mol. The highest BCUT2D eigenvalue weighted by molar-refractivity contribution is 7.17. The number of nitrogens with zero attached hydrogens (tertiary/aromatic N) is 4. The van der Waals surface area contributed by atoms with Crippen molar-refractivity contribution in [1.82, 2.24) is 15.0 Å². The van der Waals surface area contributed by atoms with E-state index in [1.807, 2.05) is 6.07 Å². The summed E-state index contributed by atoms with van der Waals surface area (Å²) >= 11 is 1.13. The van der Waals surface area contributed by atoms with Crippen LogP contribution in [0.4, 0.5) is 41.3 Å². The molecule has 0 saturated carbocycles. The Kier molecular flexibility index (Phi) is 9.37. The predicted octanol–water partition coefficient (Wildman–Crippen LogP) is 3.21. The second-order valence-electron chi connectivity index (χ2n) is 10.1. The van der Waals surface area contributed by atoms with E-state index in [4.69, 9.17) is 0 Å². The molecule has 2 amide bonds. The number of rotatable bonds is 9. The van der Waals surface area contributed by atoms with Gasteiger partial charge >= 0.3 is 6.18 Å². The Morgan fingerprint density at radius 3 is 2.41 bits per heavy atom. The van der Waals surface area contributed by atoms with Gasteiger partial charge in [0, 0.05) is 23.0 Å². The molecule has 0 aliphatic carbocycles. The van der Waals surface area contributed by atoms with Crippen molar-refractivity contribution in [2.45, 2.75) is 13.1 Å². The molecule has 1 fully saturated rings. The molecule has 3 heterocycles. The quantitative estimate of drug-likeness (QED) is 0.191. The van der Waals surface area contributed by atoms with Crippen LogP contribution in [0.25, 0.3) is 0 Å². The zero-order valence-corrected chi connectivity index (χ0v) is 24.4. The average Bonchev–Trinajstić information content (AvgIpc) is 3.46. The highest BCUT2D eigenvalue weighted by Gasteiger charge is 2.31. The van der Waals surface area contributed by atoms with Gasteiger partial charge in [0.05, 0.1) is 44.5 Å². The lowest BCUT2D eigenvalue weighted by atomic mass is 10.1. The largest absolute Gasteiger partial charge is 0.416 e. The van der Waals surface area contributed by atoms with Gasteiger partial charge in [0.25, 0.3) is 11.8 Å². The maximum atomic E-state index is 13.0. The topological polar surface area (TPSA) is 137 Å². The van der Waals surface area contributed by atoms with Gasteiger partial charge in [0.15, 0.2) is 5.13 Å². The summed E-state index contributed by atoms with van der Waals surface area (Å²) in [6.07, 6.45) is -3.14. The monoisotopic (exact) mass is 627 g/mol. The first-order valence-electron chi connectivity index (χ1n) is 13.8. The van der Waals surface area contributed by atoms with Crippen molar-refractivity contribution in [3.8, 4) is 0 Å². The standard InChI is InChI=1S/C29H29F3N8O3S/c1-18-34-24(16-25(35-18)40-10-8-39(9-11-40)12-13-41)38-28-33-17-23(44-28)27(43)37-22-7-3-6-21(15-22)36-26(42)19-4-2-5-20(14-19)29(30,31)32/h2-7,14-17,41H,8-13H2,1H3,(H,36,42)(H,37,43)(H,33,34,35,38)/p+1. The molecule has 15 heteroatoms. The molecule has 0 spiro atoms. The Bertz CT molecular complexity index is 1640. The van der Waals surface area contributed by atoms with E-state index in [9.17, 15) is 27.9 Å². The summed E-state index contributed by atoms with van der Waals surface area (Å²) in [5, 5.41) is 18.1. The number of alkyl halides is 3. The lowest BCUT2D eigenvalue weighted by Crippen LogP contribution is -3.15. The van der Waals surface area contributed by atoms with Crippen LogP contribution in [-0.4, -0.2) is 71.2 Å². The van der Waals surface area contributed by atoms with Crippen molar-refractivity contribution in [1.29, 1.82) is 0 Å². The number of quaternary nitrogens is 1. The summed E-state index contributed by atoms with van der Waals surface area (Å²) in [6.45, 7) is 6.13. The number of piperazine rings is 1. The molecule has 0 radical (unpaired) electrons. The van der Waals surface area contributed by atoms with Crippen molar-refractivity contribution in [2.24, 2.45) is 0 Å². The van der Waals surface area contributed by atoms with E-state index < -0.39 is 23.6 Å². The first-order valence-corrected chi connectivity index (χ1v) is 14.6. The lowest BCUT2D eigenvalue weighted by Gasteiger charge is -2.32. The number of carbonyl (C=O) groups is 2. The minimum Gasteiger partial charge on any atom is -0.391 e. The Morgan fingerprint density at radius 2 is 1.70 bits per heavy atom. The van der Waals surface area contributed by atoms with Gasteiger partial charge < -0.3 is 30.9 Å². The maximum Gasteiger partial charge on any atom is 0.416 e. The average molecular weight is 628 g/mol. The molecule has 1 aliphatic heterocycles. The third kappa shape index (κ3) is 7.86. The Morgan fingerprint density at radius 1 is 1.00 bits per heavy atom. The Hall–Kier alpha value is -4.60. The minimum absolute atomic E-state index is 0.147. The van der Waals surface area contributed by atoms with Crippen LogP contribution in [0.2, 0.25) is 0 Å². The van der Waals surface area contributed by atoms with E-state index in [0.717, 1.165) is 62.0 Å². The molecule has 2 aromatic carbocycles. The fraction of sp³-hybridized carbons (Fsp3) is 0.276. The summed E-state index contributed by atoms with van der Waals surface area (Å²) < 4.78 is 39.1. The summed E-state index contributed by atoms with van der Waals surface area (Å²) in [5.74, 6) is 0.774. The van der Waals surface area contributed by atoms with Crippen LogP contribution in [0.5, 0.6) is 0 Å². The van der Waals surface area contributed by atoms with Crippen molar-refractivity contribution >= 4 is 51.3 Å². The molecule has 1 aliphatic rings. The normalized spacial score (nSPS) is 13.9. The number of halogens is 3. The molecule has 11 nitrogen and oxygen atoms in total. The molecule has 0 unspecified atom stereocenters. The van der Waals surface area contributed by atoms with Crippen LogP contribution < -0.4 is 25.8 Å². The molecule has 2 aromatic heterocycles. The molecule has 5 N–H and O–H groups in total. The summed E-state index contributed by atoms with van der Waals surface area (Å²) in [7, 11) is 0. The fourth-order valence-electron chi connectivity index (χ4n) is 4.69. The number of carbonyl (C=O) groups excluding carboxylic acids is 2. The Balaban J connectivity index is 1.20. The number of benzene rings is 2. The zero-order chi connectivity index (χ0) is 31.3. The molecular formula is C29H30F3N8O3S+. The van der Waals surface area contributed by atoms with E-state index in [2.05, 4.69) is 35.8 Å². The number of aliphatic hydroxyl groups is 1.